The van der Waals surface area contributed by atoms with Gasteiger partial charge >= 0.3 is 0 Å². The Kier molecular flexibility index (Phi) is 6.24. The van der Waals surface area contributed by atoms with Gasteiger partial charge in [-0.05, 0) is 38.0 Å². The smallest absolute Gasteiger partial charge is 0.0387 e. The number of nitrogens with zero attached hydrogens (tertiary/aromatic N) is 4. The third kappa shape index (κ3) is 4.89. The van der Waals surface area contributed by atoms with Crippen LogP contribution in [0.25, 0.3) is 0 Å². The van der Waals surface area contributed by atoms with Crippen LogP contribution in [-0.4, -0.2) is 74.7 Å². The fraction of sp³-hybridized carbons (Fsp3) is 0.714. The number of piperazine rings is 2. The van der Waals surface area contributed by atoms with E-state index in [1.807, 2.05) is 0 Å². The number of benzene rings is 1. The molecule has 0 bridgehead atoms. The second kappa shape index (κ2) is 8.41. The minimum atomic E-state index is 0.663. The molecular weight excluding hydrogens is 308 g/mol. The highest BCUT2D eigenvalue weighted by Gasteiger charge is 2.21. The highest BCUT2D eigenvalue weighted by Crippen LogP contribution is 2.25. The fourth-order valence-corrected chi connectivity index (χ4v) is 4.09. The first-order valence-electron chi connectivity index (χ1n) is 10.1. The summed E-state index contributed by atoms with van der Waals surface area (Å²) in [5, 5.41) is 0. The van der Waals surface area contributed by atoms with Crippen molar-refractivity contribution in [3.8, 4) is 0 Å². The van der Waals surface area contributed by atoms with E-state index in [0.29, 0.717) is 6.04 Å². The molecule has 2 fully saturated rings. The van der Waals surface area contributed by atoms with E-state index < -0.39 is 0 Å². The van der Waals surface area contributed by atoms with Crippen molar-refractivity contribution in [2.45, 2.75) is 33.7 Å². The molecule has 1 aromatic carbocycles. The third-order valence-corrected chi connectivity index (χ3v) is 5.60. The lowest BCUT2D eigenvalue weighted by molar-refractivity contribution is 0.209. The average molecular weight is 345 g/mol. The largest absolute Gasteiger partial charge is 0.369 e. The van der Waals surface area contributed by atoms with Crippen molar-refractivity contribution in [2.75, 3.05) is 68.7 Å². The lowest BCUT2D eigenvalue weighted by Crippen LogP contribution is -2.49. The van der Waals surface area contributed by atoms with Crippen molar-refractivity contribution in [3.63, 3.8) is 0 Å². The van der Waals surface area contributed by atoms with Gasteiger partial charge in [0.2, 0.25) is 0 Å². The quantitative estimate of drug-likeness (QED) is 0.814. The second-order valence-corrected chi connectivity index (χ2v) is 8.32. The van der Waals surface area contributed by atoms with Gasteiger partial charge in [0, 0.05) is 76.3 Å². The van der Waals surface area contributed by atoms with Gasteiger partial charge in [0.1, 0.15) is 0 Å². The lowest BCUT2D eigenvalue weighted by Gasteiger charge is -2.39. The van der Waals surface area contributed by atoms with E-state index in [1.165, 1.54) is 44.1 Å². The van der Waals surface area contributed by atoms with Gasteiger partial charge in [-0.15, -0.1) is 0 Å². The molecule has 0 atom stereocenters. The van der Waals surface area contributed by atoms with Gasteiger partial charge in [0.15, 0.2) is 0 Å². The molecule has 0 spiro atoms. The molecule has 140 valence electrons. The fourth-order valence-electron chi connectivity index (χ4n) is 4.09. The van der Waals surface area contributed by atoms with E-state index in [-0.39, 0.29) is 0 Å². The molecule has 0 saturated carbocycles. The number of hydrogen-bond acceptors (Lipinski definition) is 4. The van der Waals surface area contributed by atoms with Crippen LogP contribution in [0.4, 0.5) is 11.4 Å². The number of rotatable bonds is 5. The Labute approximate surface area is 154 Å². The van der Waals surface area contributed by atoms with Crippen LogP contribution in [-0.2, 0) is 0 Å². The van der Waals surface area contributed by atoms with E-state index in [9.17, 15) is 0 Å². The molecule has 0 aliphatic carbocycles. The molecule has 2 aliphatic rings. The summed E-state index contributed by atoms with van der Waals surface area (Å²) >= 11 is 0. The highest BCUT2D eigenvalue weighted by atomic mass is 15.3. The normalized spacial score (nSPS) is 20.7. The molecular formula is C21H36N4. The van der Waals surface area contributed by atoms with Gasteiger partial charge in [0.05, 0.1) is 0 Å². The van der Waals surface area contributed by atoms with Gasteiger partial charge in [-0.3, -0.25) is 9.80 Å². The van der Waals surface area contributed by atoms with Crippen LogP contribution in [0.1, 0.15) is 27.7 Å². The highest BCUT2D eigenvalue weighted by molar-refractivity contribution is 5.60. The standard InChI is InChI=1S/C21H36N4/c1-18(2)17-22-8-10-24(11-9-22)20-6-5-7-21(16-20)25-14-12-23(13-15-25)19(3)4/h5-7,16,18-19H,8-15,17H2,1-4H3. The van der Waals surface area contributed by atoms with Crippen molar-refractivity contribution < 1.29 is 0 Å². The Hall–Kier alpha value is -1.26. The summed E-state index contributed by atoms with van der Waals surface area (Å²) in [7, 11) is 0. The van der Waals surface area contributed by atoms with E-state index in [4.69, 9.17) is 0 Å². The summed E-state index contributed by atoms with van der Waals surface area (Å²) < 4.78 is 0. The zero-order valence-corrected chi connectivity index (χ0v) is 16.6. The maximum Gasteiger partial charge on any atom is 0.0387 e. The Balaban J connectivity index is 1.57. The molecule has 0 radical (unpaired) electrons. The predicted octanol–water partition coefficient (Wildman–Crippen LogP) is 3.00. The molecule has 0 aromatic heterocycles. The average Bonchev–Trinajstić information content (AvgIpc) is 2.62. The molecule has 0 amide bonds. The van der Waals surface area contributed by atoms with Gasteiger partial charge in [0.25, 0.3) is 0 Å². The minimum Gasteiger partial charge on any atom is -0.369 e. The van der Waals surface area contributed by atoms with Crippen molar-refractivity contribution in [1.29, 1.82) is 0 Å². The van der Waals surface area contributed by atoms with E-state index in [1.54, 1.807) is 0 Å². The molecule has 2 aliphatic heterocycles. The maximum absolute atomic E-state index is 2.61. The zero-order valence-electron chi connectivity index (χ0n) is 16.6. The van der Waals surface area contributed by atoms with Crippen LogP contribution in [0, 0.1) is 5.92 Å². The summed E-state index contributed by atoms with van der Waals surface area (Å²) in [6.07, 6.45) is 0. The van der Waals surface area contributed by atoms with Crippen molar-refractivity contribution in [1.82, 2.24) is 9.80 Å². The Morgan fingerprint density at radius 2 is 1.28 bits per heavy atom. The summed E-state index contributed by atoms with van der Waals surface area (Å²) in [6.45, 7) is 19.8. The van der Waals surface area contributed by atoms with Crippen LogP contribution < -0.4 is 9.80 Å². The Morgan fingerprint density at radius 1 is 0.760 bits per heavy atom. The minimum absolute atomic E-state index is 0.663. The van der Waals surface area contributed by atoms with E-state index in [2.05, 4.69) is 71.6 Å². The summed E-state index contributed by atoms with van der Waals surface area (Å²) in [6, 6.07) is 9.87. The maximum atomic E-state index is 2.61. The summed E-state index contributed by atoms with van der Waals surface area (Å²) in [5.41, 5.74) is 2.79. The van der Waals surface area contributed by atoms with Gasteiger partial charge < -0.3 is 9.80 Å². The zero-order chi connectivity index (χ0) is 17.8. The molecule has 25 heavy (non-hydrogen) atoms. The Morgan fingerprint density at radius 3 is 1.76 bits per heavy atom. The van der Waals surface area contributed by atoms with Gasteiger partial charge in [-0.25, -0.2) is 0 Å². The molecule has 0 N–H and O–H groups in total. The van der Waals surface area contributed by atoms with Gasteiger partial charge in [-0.2, -0.15) is 0 Å². The van der Waals surface area contributed by atoms with Crippen molar-refractivity contribution >= 4 is 11.4 Å². The van der Waals surface area contributed by atoms with E-state index >= 15 is 0 Å². The Bertz CT molecular complexity index is 526. The first-order chi connectivity index (χ1) is 12.0. The van der Waals surface area contributed by atoms with Crippen LogP contribution in [0.2, 0.25) is 0 Å². The molecule has 2 heterocycles. The predicted molar refractivity (Wildman–Crippen MR) is 109 cm³/mol. The SMILES string of the molecule is CC(C)CN1CCN(c2cccc(N3CCN(C(C)C)CC3)c2)CC1. The first-order valence-corrected chi connectivity index (χ1v) is 10.1. The first kappa shape index (κ1) is 18.5. The van der Waals surface area contributed by atoms with Crippen LogP contribution in [0.5, 0.6) is 0 Å². The molecule has 0 unspecified atom stereocenters. The third-order valence-electron chi connectivity index (χ3n) is 5.60. The van der Waals surface area contributed by atoms with Crippen LogP contribution >= 0.6 is 0 Å². The topological polar surface area (TPSA) is 13.0 Å². The number of hydrogen-bond donors (Lipinski definition) is 0. The summed E-state index contributed by atoms with van der Waals surface area (Å²) in [4.78, 5) is 10.3. The van der Waals surface area contributed by atoms with E-state index in [0.717, 1.165) is 32.1 Å². The lowest BCUT2D eigenvalue weighted by atomic mass is 10.1. The van der Waals surface area contributed by atoms with Crippen LogP contribution in [0.15, 0.2) is 24.3 Å². The van der Waals surface area contributed by atoms with Crippen LogP contribution in [0.3, 0.4) is 0 Å². The molecule has 4 heteroatoms. The molecule has 3 rings (SSSR count). The second-order valence-electron chi connectivity index (χ2n) is 8.32. The monoisotopic (exact) mass is 344 g/mol. The summed E-state index contributed by atoms with van der Waals surface area (Å²) in [5.74, 6) is 0.763. The molecule has 1 aromatic rings. The van der Waals surface area contributed by atoms with Gasteiger partial charge in [-0.1, -0.05) is 19.9 Å². The molecule has 2 saturated heterocycles. The molecule has 4 nitrogen and oxygen atoms in total. The van der Waals surface area contributed by atoms with Crippen molar-refractivity contribution in [3.05, 3.63) is 24.3 Å². The number of anilines is 2. The van der Waals surface area contributed by atoms with Crippen molar-refractivity contribution in [2.24, 2.45) is 5.92 Å².